The molecule has 1 unspecified atom stereocenters. The number of aromatic nitrogens is 5. The van der Waals surface area contributed by atoms with Crippen molar-refractivity contribution < 1.29 is 9.47 Å². The molecule has 0 spiro atoms. The fourth-order valence-corrected chi connectivity index (χ4v) is 5.58. The molecule has 1 fully saturated rings. The van der Waals surface area contributed by atoms with E-state index in [4.69, 9.17) is 9.47 Å². The molecule has 0 aliphatic carbocycles. The van der Waals surface area contributed by atoms with Crippen LogP contribution in [0.25, 0.3) is 10.9 Å². The molecule has 10 nitrogen and oxygen atoms in total. The van der Waals surface area contributed by atoms with E-state index >= 15 is 0 Å². The quantitative estimate of drug-likeness (QED) is 0.296. The van der Waals surface area contributed by atoms with Crippen LogP contribution in [0, 0.1) is 0 Å². The van der Waals surface area contributed by atoms with E-state index < -0.39 is 6.04 Å². The van der Waals surface area contributed by atoms with Gasteiger partial charge in [-0.2, -0.15) is 0 Å². The topological polar surface area (TPSA) is 101 Å². The molecule has 6 rings (SSSR count). The summed E-state index contributed by atoms with van der Waals surface area (Å²) >= 11 is 0. The molecule has 1 aliphatic heterocycles. The Morgan fingerprint density at radius 3 is 2.46 bits per heavy atom. The lowest BCUT2D eigenvalue weighted by molar-refractivity contribution is 0.199. The van der Waals surface area contributed by atoms with Crippen molar-refractivity contribution in [2.45, 2.75) is 19.0 Å². The van der Waals surface area contributed by atoms with Crippen LogP contribution in [0.4, 0.5) is 5.69 Å². The number of tetrazole rings is 1. The summed E-state index contributed by atoms with van der Waals surface area (Å²) in [6, 6.07) is 25.6. The largest absolute Gasteiger partial charge is 0.497 e. The monoisotopic (exact) mass is 551 g/mol. The van der Waals surface area contributed by atoms with E-state index in [9.17, 15) is 4.79 Å². The van der Waals surface area contributed by atoms with E-state index in [-0.39, 0.29) is 5.56 Å². The first-order valence-electron chi connectivity index (χ1n) is 13.8. The zero-order valence-corrected chi connectivity index (χ0v) is 23.2. The number of methoxy groups -OCH3 is 2. The second-order valence-corrected chi connectivity index (χ2v) is 10.1. The number of fused-ring (bicyclic) bond motifs is 1. The van der Waals surface area contributed by atoms with Crippen LogP contribution < -0.4 is 19.9 Å². The molecule has 41 heavy (non-hydrogen) atoms. The van der Waals surface area contributed by atoms with E-state index in [0.717, 1.165) is 41.9 Å². The number of aryl methyl sites for hydroxylation is 2. The highest BCUT2D eigenvalue weighted by atomic mass is 16.5. The maximum atomic E-state index is 13.6. The molecular formula is C31H33N7O3. The molecule has 0 amide bonds. The van der Waals surface area contributed by atoms with E-state index in [1.807, 2.05) is 65.3 Å². The summed E-state index contributed by atoms with van der Waals surface area (Å²) < 4.78 is 12.8. The van der Waals surface area contributed by atoms with Crippen LogP contribution in [0.2, 0.25) is 0 Å². The van der Waals surface area contributed by atoms with E-state index in [1.54, 1.807) is 14.2 Å². The lowest BCUT2D eigenvalue weighted by atomic mass is 10.0. The van der Waals surface area contributed by atoms with Crippen molar-refractivity contribution >= 4 is 16.6 Å². The second kappa shape index (κ2) is 11.8. The molecule has 10 heteroatoms. The number of hydrogen-bond donors (Lipinski definition) is 1. The maximum Gasteiger partial charge on any atom is 0.253 e. The zero-order chi connectivity index (χ0) is 28.2. The summed E-state index contributed by atoms with van der Waals surface area (Å²) in [5, 5.41) is 13.8. The number of aromatic amines is 1. The normalized spacial score (nSPS) is 14.7. The Balaban J connectivity index is 1.35. The molecule has 1 aliphatic rings. The number of para-hydroxylation sites is 2. The van der Waals surface area contributed by atoms with Gasteiger partial charge >= 0.3 is 0 Å². The third-order valence-corrected chi connectivity index (χ3v) is 7.74. The number of anilines is 1. The lowest BCUT2D eigenvalue weighted by Gasteiger charge is -2.40. The third-order valence-electron chi connectivity index (χ3n) is 7.74. The van der Waals surface area contributed by atoms with Gasteiger partial charge in [0.05, 0.1) is 25.4 Å². The molecular weight excluding hydrogens is 518 g/mol. The molecule has 5 aromatic rings. The van der Waals surface area contributed by atoms with Gasteiger partial charge in [0.2, 0.25) is 0 Å². The van der Waals surface area contributed by atoms with Crippen molar-refractivity contribution in [2.75, 3.05) is 45.3 Å². The van der Waals surface area contributed by atoms with Gasteiger partial charge in [-0.3, -0.25) is 9.69 Å². The minimum Gasteiger partial charge on any atom is -0.497 e. The Hall–Kier alpha value is -4.70. The number of benzene rings is 3. The molecule has 1 N–H and O–H groups in total. The number of H-pyrrole nitrogens is 1. The maximum absolute atomic E-state index is 13.6. The number of pyridine rings is 1. The highest BCUT2D eigenvalue weighted by Gasteiger charge is 2.33. The van der Waals surface area contributed by atoms with Crippen LogP contribution in [-0.4, -0.2) is 70.5 Å². The molecule has 2 aromatic heterocycles. The Bertz CT molecular complexity index is 1680. The number of rotatable bonds is 9. The summed E-state index contributed by atoms with van der Waals surface area (Å²) in [6.45, 7) is 3.58. The van der Waals surface area contributed by atoms with E-state index in [1.165, 1.54) is 5.56 Å². The lowest BCUT2D eigenvalue weighted by Crippen LogP contribution is -2.49. The van der Waals surface area contributed by atoms with Crippen molar-refractivity contribution in [3.05, 3.63) is 106 Å². The summed E-state index contributed by atoms with van der Waals surface area (Å²) in [5.74, 6) is 2.20. The first-order chi connectivity index (χ1) is 20.1. The van der Waals surface area contributed by atoms with Gasteiger partial charge in [-0.1, -0.05) is 42.5 Å². The van der Waals surface area contributed by atoms with Gasteiger partial charge in [0, 0.05) is 44.4 Å². The molecule has 1 saturated heterocycles. The standard InChI is InChI=1S/C31H33N7O3/c1-40-24-13-12-23-20-25(31(39)32-26(23)21-24)29(30-33-34-35-38(30)15-14-22-8-4-3-5-9-22)37-18-16-36(17-19-37)27-10-6-7-11-28(27)41-2/h3-13,20-21,29H,14-19H2,1-2H3,(H,32,39). The average Bonchev–Trinajstić information content (AvgIpc) is 3.49. The van der Waals surface area contributed by atoms with Crippen molar-refractivity contribution in [1.29, 1.82) is 0 Å². The van der Waals surface area contributed by atoms with Gasteiger partial charge in [-0.15, -0.1) is 5.10 Å². The minimum atomic E-state index is -0.421. The van der Waals surface area contributed by atoms with Crippen molar-refractivity contribution in [3.63, 3.8) is 0 Å². The molecule has 0 bridgehead atoms. The van der Waals surface area contributed by atoms with Gasteiger partial charge < -0.3 is 19.4 Å². The molecule has 210 valence electrons. The molecule has 0 radical (unpaired) electrons. The van der Waals surface area contributed by atoms with Gasteiger partial charge in [0.15, 0.2) is 5.82 Å². The summed E-state index contributed by atoms with van der Waals surface area (Å²) in [6.07, 6.45) is 0.779. The van der Waals surface area contributed by atoms with Gasteiger partial charge in [-0.05, 0) is 58.1 Å². The molecule has 3 aromatic carbocycles. The highest BCUT2D eigenvalue weighted by molar-refractivity contribution is 5.80. The fraction of sp³-hybridized carbons (Fsp3) is 0.290. The smallest absolute Gasteiger partial charge is 0.253 e. The Labute approximate surface area is 238 Å². The number of nitrogens with zero attached hydrogens (tertiary/aromatic N) is 6. The van der Waals surface area contributed by atoms with E-state index in [0.29, 0.717) is 36.8 Å². The Kier molecular flexibility index (Phi) is 7.64. The first kappa shape index (κ1) is 26.5. The average molecular weight is 552 g/mol. The van der Waals surface area contributed by atoms with Crippen LogP contribution in [-0.2, 0) is 13.0 Å². The summed E-state index contributed by atoms with van der Waals surface area (Å²) in [7, 11) is 3.31. The van der Waals surface area contributed by atoms with Gasteiger partial charge in [-0.25, -0.2) is 4.68 Å². The second-order valence-electron chi connectivity index (χ2n) is 10.1. The Morgan fingerprint density at radius 1 is 0.902 bits per heavy atom. The first-order valence-corrected chi connectivity index (χ1v) is 13.8. The van der Waals surface area contributed by atoms with Crippen LogP contribution in [0.5, 0.6) is 11.5 Å². The number of ether oxygens (including phenoxy) is 2. The van der Waals surface area contributed by atoms with Crippen molar-refractivity contribution in [2.24, 2.45) is 0 Å². The third kappa shape index (κ3) is 5.51. The van der Waals surface area contributed by atoms with Gasteiger partial charge in [0.1, 0.15) is 17.5 Å². The van der Waals surface area contributed by atoms with Crippen molar-refractivity contribution in [3.8, 4) is 11.5 Å². The van der Waals surface area contributed by atoms with Crippen LogP contribution >= 0.6 is 0 Å². The molecule has 1 atom stereocenters. The van der Waals surface area contributed by atoms with Gasteiger partial charge in [0.25, 0.3) is 5.56 Å². The predicted octanol–water partition coefficient (Wildman–Crippen LogP) is 3.69. The molecule has 0 saturated carbocycles. The Morgan fingerprint density at radius 2 is 1.68 bits per heavy atom. The zero-order valence-electron chi connectivity index (χ0n) is 23.2. The minimum absolute atomic E-state index is 0.166. The van der Waals surface area contributed by atoms with E-state index in [2.05, 4.69) is 48.5 Å². The summed E-state index contributed by atoms with van der Waals surface area (Å²) in [5.41, 5.74) is 3.44. The SMILES string of the molecule is COc1ccc2cc(C(c3nnnn3CCc3ccccc3)N3CCN(c4ccccc4OC)CC3)c(=O)[nH]c2c1. The number of nitrogens with one attached hydrogen (secondary N) is 1. The predicted molar refractivity (Wildman–Crippen MR) is 158 cm³/mol. The summed E-state index contributed by atoms with van der Waals surface area (Å²) in [4.78, 5) is 21.3. The van der Waals surface area contributed by atoms with Crippen LogP contribution in [0.1, 0.15) is 23.0 Å². The van der Waals surface area contributed by atoms with Crippen molar-refractivity contribution in [1.82, 2.24) is 30.1 Å². The number of hydrogen-bond acceptors (Lipinski definition) is 8. The fourth-order valence-electron chi connectivity index (χ4n) is 5.58. The number of piperazine rings is 1. The van der Waals surface area contributed by atoms with Crippen LogP contribution in [0.15, 0.2) is 83.7 Å². The van der Waals surface area contributed by atoms with Crippen LogP contribution in [0.3, 0.4) is 0 Å². The molecule has 3 heterocycles. The highest BCUT2D eigenvalue weighted by Crippen LogP contribution is 2.32.